The molecule has 1 N–H and O–H groups in total. The quantitative estimate of drug-likeness (QED) is 0.289. The van der Waals surface area contributed by atoms with Crippen LogP contribution in [0, 0.1) is 0 Å². The zero-order chi connectivity index (χ0) is 21.0. The fourth-order valence-electron chi connectivity index (χ4n) is 4.37. The van der Waals surface area contributed by atoms with Crippen LogP contribution < -0.4 is 0 Å². The number of hydrogen-bond donors (Lipinski definition) is 1. The summed E-state index contributed by atoms with van der Waals surface area (Å²) in [5, 5.41) is 10.1. The number of aliphatic hydroxyl groups is 1. The molecular weight excluding hydrogens is 461 g/mol. The summed E-state index contributed by atoms with van der Waals surface area (Å²) in [6.07, 6.45) is 12.0. The van der Waals surface area contributed by atoms with Gasteiger partial charge >= 0.3 is 183 Å². The van der Waals surface area contributed by atoms with Gasteiger partial charge in [-0.15, -0.1) is 0 Å². The molecule has 0 aliphatic heterocycles. The molecule has 1 heterocycles. The van der Waals surface area contributed by atoms with Crippen LogP contribution in [0.25, 0.3) is 9.67 Å². The molecule has 0 spiro atoms. The molecule has 0 unspecified atom stereocenters. The van der Waals surface area contributed by atoms with Crippen LogP contribution in [0.4, 0.5) is 0 Å². The van der Waals surface area contributed by atoms with Gasteiger partial charge < -0.3 is 0 Å². The predicted molar refractivity (Wildman–Crippen MR) is 129 cm³/mol. The molecule has 0 amide bonds. The van der Waals surface area contributed by atoms with Crippen molar-refractivity contribution in [1.29, 1.82) is 0 Å². The summed E-state index contributed by atoms with van der Waals surface area (Å²) < 4.78 is 5.80. The van der Waals surface area contributed by atoms with Crippen molar-refractivity contribution in [3.63, 3.8) is 0 Å². The maximum absolute atomic E-state index is 10.1. The Hall–Kier alpha value is -1.13. The minimum absolute atomic E-state index is 0.104. The standard InChI is InChI=1S/C14H12NO.3C4H9.Sn/c16-11-13-6-2-1-5-12(13)8-9-14-7-3-4-10-15-14;3*1-3-4-2;/h1-7,9-10,16H,11H2;3*1,3-4H2,2H3;. The van der Waals surface area contributed by atoms with Crippen LogP contribution in [0.5, 0.6) is 0 Å². The van der Waals surface area contributed by atoms with Gasteiger partial charge in [-0.05, 0) is 0 Å². The fraction of sp³-hybridized carbons (Fsp3) is 0.500. The van der Waals surface area contributed by atoms with Crippen molar-refractivity contribution >= 4 is 28.0 Å². The molecule has 29 heavy (non-hydrogen) atoms. The van der Waals surface area contributed by atoms with Crippen LogP contribution in [-0.2, 0) is 6.61 Å². The Morgan fingerprint density at radius 3 is 1.97 bits per heavy atom. The van der Waals surface area contributed by atoms with Gasteiger partial charge in [0.15, 0.2) is 0 Å². The number of aliphatic hydroxyl groups excluding tert-OH is 1. The van der Waals surface area contributed by atoms with E-state index < -0.39 is 18.4 Å². The molecule has 1 aromatic heterocycles. The normalized spacial score (nSPS) is 12.3. The first-order chi connectivity index (χ1) is 14.2. The first kappa shape index (κ1) is 24.1. The zero-order valence-electron chi connectivity index (χ0n) is 18.7. The van der Waals surface area contributed by atoms with E-state index in [-0.39, 0.29) is 6.61 Å². The van der Waals surface area contributed by atoms with E-state index in [1.807, 2.05) is 12.3 Å². The average Bonchev–Trinajstić information content (AvgIpc) is 2.78. The molecule has 0 radical (unpaired) electrons. The SMILES string of the molecule is CCC[CH2][Sn]([CH2]CCC)([CH2]CCC)/[C](=C/c1ccccn1)c1ccccc1CO. The second-order valence-electron chi connectivity index (χ2n) is 8.22. The molecular formula is C26H39NOSn. The Morgan fingerprint density at radius 2 is 1.45 bits per heavy atom. The molecule has 1 aromatic carbocycles. The molecule has 3 heteroatoms. The van der Waals surface area contributed by atoms with Crippen LogP contribution in [0.15, 0.2) is 48.7 Å². The molecule has 158 valence electrons. The number of benzene rings is 1. The van der Waals surface area contributed by atoms with Gasteiger partial charge in [-0.2, -0.15) is 0 Å². The Labute approximate surface area is 182 Å². The van der Waals surface area contributed by atoms with Crippen LogP contribution in [0.2, 0.25) is 13.3 Å². The Bertz CT molecular complexity index is 720. The van der Waals surface area contributed by atoms with Crippen LogP contribution in [0.1, 0.15) is 76.1 Å². The summed E-state index contributed by atoms with van der Waals surface area (Å²) in [7, 11) is 0. The van der Waals surface area contributed by atoms with Crippen molar-refractivity contribution in [1.82, 2.24) is 4.98 Å². The first-order valence-corrected chi connectivity index (χ1v) is 19.0. The number of hydrogen-bond acceptors (Lipinski definition) is 2. The summed E-state index contributed by atoms with van der Waals surface area (Å²) in [4.78, 5) is 4.65. The van der Waals surface area contributed by atoms with Crippen molar-refractivity contribution < 1.29 is 5.11 Å². The third-order valence-electron chi connectivity index (χ3n) is 6.06. The second kappa shape index (κ2) is 13.2. The summed E-state index contributed by atoms with van der Waals surface area (Å²) in [6.45, 7) is 7.06. The molecule has 0 fully saturated rings. The molecule has 2 rings (SSSR count). The zero-order valence-corrected chi connectivity index (χ0v) is 21.5. The molecule has 2 nitrogen and oxygen atoms in total. The molecule has 0 aliphatic carbocycles. The van der Waals surface area contributed by atoms with E-state index in [0.29, 0.717) is 0 Å². The van der Waals surface area contributed by atoms with E-state index in [2.05, 4.69) is 68.2 Å². The Morgan fingerprint density at radius 1 is 0.862 bits per heavy atom. The fourth-order valence-corrected chi connectivity index (χ4v) is 21.3. The molecule has 0 bridgehead atoms. The van der Waals surface area contributed by atoms with Crippen molar-refractivity contribution in [2.75, 3.05) is 0 Å². The van der Waals surface area contributed by atoms with Gasteiger partial charge in [0.25, 0.3) is 0 Å². The van der Waals surface area contributed by atoms with Gasteiger partial charge in [-0.3, -0.25) is 0 Å². The van der Waals surface area contributed by atoms with Gasteiger partial charge in [-0.25, -0.2) is 0 Å². The van der Waals surface area contributed by atoms with E-state index in [9.17, 15) is 5.11 Å². The molecule has 2 aromatic rings. The van der Waals surface area contributed by atoms with Crippen LogP contribution >= 0.6 is 0 Å². The van der Waals surface area contributed by atoms with Gasteiger partial charge in [0.1, 0.15) is 0 Å². The van der Waals surface area contributed by atoms with Crippen molar-refractivity contribution in [2.24, 2.45) is 0 Å². The molecule has 0 aliphatic rings. The van der Waals surface area contributed by atoms with Crippen LogP contribution in [-0.4, -0.2) is 28.5 Å². The van der Waals surface area contributed by atoms with E-state index in [0.717, 1.165) is 11.3 Å². The van der Waals surface area contributed by atoms with E-state index in [1.165, 1.54) is 57.4 Å². The Kier molecular flexibility index (Phi) is 11.0. The number of unbranched alkanes of at least 4 members (excludes halogenated alkanes) is 3. The molecule has 0 saturated carbocycles. The number of nitrogens with zero attached hydrogens (tertiary/aromatic N) is 1. The summed E-state index contributed by atoms with van der Waals surface area (Å²) >= 11 is -2.71. The average molecular weight is 500 g/mol. The predicted octanol–water partition coefficient (Wildman–Crippen LogP) is 7.50. The third kappa shape index (κ3) is 6.96. The van der Waals surface area contributed by atoms with Crippen molar-refractivity contribution in [3.8, 4) is 0 Å². The van der Waals surface area contributed by atoms with Gasteiger partial charge in [0, 0.05) is 0 Å². The molecule has 0 saturated heterocycles. The summed E-state index contributed by atoms with van der Waals surface area (Å²) in [5.74, 6) is 0. The van der Waals surface area contributed by atoms with E-state index in [4.69, 9.17) is 0 Å². The van der Waals surface area contributed by atoms with Gasteiger partial charge in [-0.1, -0.05) is 0 Å². The monoisotopic (exact) mass is 501 g/mol. The van der Waals surface area contributed by atoms with Gasteiger partial charge in [0.05, 0.1) is 0 Å². The van der Waals surface area contributed by atoms with E-state index in [1.54, 1.807) is 3.59 Å². The second-order valence-corrected chi connectivity index (χ2v) is 21.3. The topological polar surface area (TPSA) is 33.1 Å². The van der Waals surface area contributed by atoms with Crippen molar-refractivity contribution in [2.45, 2.75) is 79.2 Å². The van der Waals surface area contributed by atoms with Crippen LogP contribution in [0.3, 0.4) is 0 Å². The first-order valence-electron chi connectivity index (χ1n) is 11.5. The number of aromatic nitrogens is 1. The minimum atomic E-state index is -2.71. The number of pyridine rings is 1. The summed E-state index contributed by atoms with van der Waals surface area (Å²) in [6, 6.07) is 14.7. The Balaban J connectivity index is 2.68. The summed E-state index contributed by atoms with van der Waals surface area (Å²) in [5.41, 5.74) is 3.42. The van der Waals surface area contributed by atoms with E-state index >= 15 is 0 Å². The maximum atomic E-state index is 10.1. The molecule has 0 atom stereocenters. The van der Waals surface area contributed by atoms with Gasteiger partial charge in [0.2, 0.25) is 0 Å². The number of rotatable bonds is 13. The third-order valence-corrected chi connectivity index (χ3v) is 21.7. The van der Waals surface area contributed by atoms with Crippen molar-refractivity contribution in [3.05, 3.63) is 65.5 Å².